The molecule has 3 heteroatoms. The minimum Gasteiger partial charge on any atom is -0.350 e. The molecule has 0 aromatic carbocycles. The zero-order valence-corrected chi connectivity index (χ0v) is 6.55. The monoisotopic (exact) mass is 160 g/mol. The molecular weight excluding hydrogens is 152 g/mol. The molecule has 2 rings (SSSR count). The lowest BCUT2D eigenvalue weighted by atomic mass is 9.97. The van der Waals surface area contributed by atoms with Gasteiger partial charge in [-0.1, -0.05) is 0 Å². The van der Waals surface area contributed by atoms with Crippen molar-refractivity contribution in [2.45, 2.75) is 19.3 Å². The Bertz CT molecular complexity index is 370. The van der Waals surface area contributed by atoms with E-state index in [9.17, 15) is 4.79 Å². The topological polar surface area (TPSA) is 56.6 Å². The summed E-state index contributed by atoms with van der Waals surface area (Å²) in [6.45, 7) is 0. The fourth-order valence-electron chi connectivity index (χ4n) is 1.56. The first-order chi connectivity index (χ1) is 5.81. The minimum absolute atomic E-state index is 0.161. The molecule has 0 spiro atoms. The first-order valence-corrected chi connectivity index (χ1v) is 3.96. The highest BCUT2D eigenvalue weighted by Crippen LogP contribution is 2.21. The van der Waals surface area contributed by atoms with Crippen LogP contribution in [0.1, 0.15) is 34.6 Å². The van der Waals surface area contributed by atoms with Crippen molar-refractivity contribution in [3.8, 4) is 6.07 Å². The van der Waals surface area contributed by atoms with Gasteiger partial charge in [0.05, 0.1) is 0 Å². The SMILES string of the molecule is N#Cc1cc2c([nH]1)CCCC2=O. The second kappa shape index (κ2) is 2.49. The minimum atomic E-state index is 0.161. The van der Waals surface area contributed by atoms with Crippen LogP contribution in [0.4, 0.5) is 0 Å². The molecule has 0 bridgehead atoms. The second-order valence-electron chi connectivity index (χ2n) is 2.96. The molecule has 0 fully saturated rings. The molecule has 1 heterocycles. The molecular formula is C9H8N2O. The van der Waals surface area contributed by atoms with Crippen LogP contribution >= 0.6 is 0 Å². The molecule has 1 aromatic heterocycles. The molecule has 0 aliphatic heterocycles. The van der Waals surface area contributed by atoms with E-state index >= 15 is 0 Å². The van der Waals surface area contributed by atoms with Gasteiger partial charge in [0.15, 0.2) is 5.78 Å². The predicted octanol–water partition coefficient (Wildman–Crippen LogP) is 1.41. The van der Waals surface area contributed by atoms with Crippen LogP contribution in [-0.4, -0.2) is 10.8 Å². The summed E-state index contributed by atoms with van der Waals surface area (Å²) in [5, 5.41) is 8.58. The Labute approximate surface area is 70.0 Å². The Kier molecular flexibility index (Phi) is 1.47. The number of hydrogen-bond acceptors (Lipinski definition) is 2. The number of hydrogen-bond donors (Lipinski definition) is 1. The lowest BCUT2D eigenvalue weighted by Gasteiger charge is -2.07. The summed E-state index contributed by atoms with van der Waals surface area (Å²) in [6.07, 6.45) is 2.41. The van der Waals surface area contributed by atoms with Crippen molar-refractivity contribution in [3.05, 3.63) is 23.0 Å². The number of Topliss-reactive ketones (excluding diaryl/α,β-unsaturated/α-hetero) is 1. The van der Waals surface area contributed by atoms with Gasteiger partial charge in [-0.25, -0.2) is 0 Å². The summed E-state index contributed by atoms with van der Waals surface area (Å²) < 4.78 is 0. The molecule has 12 heavy (non-hydrogen) atoms. The summed E-state index contributed by atoms with van der Waals surface area (Å²) in [4.78, 5) is 14.2. The van der Waals surface area contributed by atoms with E-state index in [1.54, 1.807) is 6.07 Å². The van der Waals surface area contributed by atoms with E-state index < -0.39 is 0 Å². The number of ketones is 1. The highest BCUT2D eigenvalue weighted by atomic mass is 16.1. The Morgan fingerprint density at radius 2 is 2.33 bits per heavy atom. The average molecular weight is 160 g/mol. The third kappa shape index (κ3) is 0.928. The Balaban J connectivity index is 2.52. The van der Waals surface area contributed by atoms with E-state index in [2.05, 4.69) is 4.98 Å². The van der Waals surface area contributed by atoms with Gasteiger partial charge in [0.1, 0.15) is 11.8 Å². The van der Waals surface area contributed by atoms with Crippen LogP contribution in [-0.2, 0) is 6.42 Å². The number of aromatic nitrogens is 1. The number of fused-ring (bicyclic) bond motifs is 1. The van der Waals surface area contributed by atoms with Gasteiger partial charge in [0.25, 0.3) is 0 Å². The highest BCUT2D eigenvalue weighted by molar-refractivity contribution is 5.98. The normalized spacial score (nSPS) is 15.4. The molecule has 0 amide bonds. The maximum atomic E-state index is 11.3. The number of carbonyl (C=O) groups excluding carboxylic acids is 1. The van der Waals surface area contributed by atoms with Crippen molar-refractivity contribution in [2.24, 2.45) is 0 Å². The molecule has 0 saturated heterocycles. The number of aromatic amines is 1. The van der Waals surface area contributed by atoms with E-state index in [1.165, 1.54) is 0 Å². The number of nitriles is 1. The van der Waals surface area contributed by atoms with Crippen molar-refractivity contribution in [2.75, 3.05) is 0 Å². The Morgan fingerprint density at radius 3 is 3.00 bits per heavy atom. The summed E-state index contributed by atoms with van der Waals surface area (Å²) in [5.74, 6) is 0.161. The largest absolute Gasteiger partial charge is 0.350 e. The van der Waals surface area contributed by atoms with E-state index in [0.29, 0.717) is 12.1 Å². The first kappa shape index (κ1) is 7.11. The lowest BCUT2D eigenvalue weighted by molar-refractivity contribution is 0.0972. The molecule has 0 atom stereocenters. The standard InChI is InChI=1S/C9H8N2O/c10-5-6-4-7-8(11-6)2-1-3-9(7)12/h4,11H,1-3H2. The smallest absolute Gasteiger partial charge is 0.164 e. The van der Waals surface area contributed by atoms with Crippen LogP contribution in [0.2, 0.25) is 0 Å². The van der Waals surface area contributed by atoms with Crippen LogP contribution in [0, 0.1) is 11.3 Å². The molecule has 1 aliphatic rings. The van der Waals surface area contributed by atoms with Gasteiger partial charge in [0.2, 0.25) is 0 Å². The van der Waals surface area contributed by atoms with Crippen LogP contribution in [0.25, 0.3) is 0 Å². The average Bonchev–Trinajstić information content (AvgIpc) is 2.49. The van der Waals surface area contributed by atoms with Crippen molar-refractivity contribution < 1.29 is 4.79 Å². The van der Waals surface area contributed by atoms with Crippen molar-refractivity contribution in [3.63, 3.8) is 0 Å². The van der Waals surface area contributed by atoms with Crippen molar-refractivity contribution in [1.29, 1.82) is 5.26 Å². The van der Waals surface area contributed by atoms with Crippen LogP contribution in [0.15, 0.2) is 6.07 Å². The lowest BCUT2D eigenvalue weighted by Crippen LogP contribution is -2.08. The summed E-state index contributed by atoms with van der Waals surface area (Å²) in [7, 11) is 0. The third-order valence-electron chi connectivity index (χ3n) is 2.15. The Hall–Kier alpha value is -1.56. The molecule has 0 saturated carbocycles. The molecule has 0 radical (unpaired) electrons. The van der Waals surface area contributed by atoms with Crippen molar-refractivity contribution in [1.82, 2.24) is 4.98 Å². The van der Waals surface area contributed by atoms with E-state index in [-0.39, 0.29) is 5.78 Å². The van der Waals surface area contributed by atoms with Crippen molar-refractivity contribution >= 4 is 5.78 Å². The maximum absolute atomic E-state index is 11.3. The maximum Gasteiger partial charge on any atom is 0.164 e. The van der Waals surface area contributed by atoms with Gasteiger partial charge in [-0.2, -0.15) is 5.26 Å². The van der Waals surface area contributed by atoms with Gasteiger partial charge < -0.3 is 4.98 Å². The zero-order chi connectivity index (χ0) is 8.55. The Morgan fingerprint density at radius 1 is 1.50 bits per heavy atom. The molecule has 1 aromatic rings. The number of rotatable bonds is 0. The molecule has 1 N–H and O–H groups in total. The van der Waals surface area contributed by atoms with Gasteiger partial charge in [-0.3, -0.25) is 4.79 Å². The van der Waals surface area contributed by atoms with Crippen LogP contribution in [0.5, 0.6) is 0 Å². The molecule has 3 nitrogen and oxygen atoms in total. The fraction of sp³-hybridized carbons (Fsp3) is 0.333. The van der Waals surface area contributed by atoms with Crippen LogP contribution < -0.4 is 0 Å². The van der Waals surface area contributed by atoms with E-state index in [4.69, 9.17) is 5.26 Å². The quantitative estimate of drug-likeness (QED) is 0.623. The molecule has 0 unspecified atom stereocenters. The second-order valence-corrected chi connectivity index (χ2v) is 2.96. The van der Waals surface area contributed by atoms with Gasteiger partial charge in [-0.15, -0.1) is 0 Å². The number of carbonyl (C=O) groups is 1. The summed E-state index contributed by atoms with van der Waals surface area (Å²) in [5.41, 5.74) is 2.15. The highest BCUT2D eigenvalue weighted by Gasteiger charge is 2.19. The van der Waals surface area contributed by atoms with Crippen LogP contribution in [0.3, 0.4) is 0 Å². The summed E-state index contributed by atoms with van der Waals surface area (Å²) >= 11 is 0. The number of nitrogens with one attached hydrogen (secondary N) is 1. The zero-order valence-electron chi connectivity index (χ0n) is 6.55. The molecule has 60 valence electrons. The third-order valence-corrected chi connectivity index (χ3v) is 2.15. The van der Waals surface area contributed by atoms with E-state index in [0.717, 1.165) is 24.1 Å². The van der Waals surface area contributed by atoms with Gasteiger partial charge in [0, 0.05) is 17.7 Å². The number of nitrogens with zero attached hydrogens (tertiary/aromatic N) is 1. The number of H-pyrrole nitrogens is 1. The summed E-state index contributed by atoms with van der Waals surface area (Å²) in [6, 6.07) is 3.65. The molecule has 1 aliphatic carbocycles. The fourth-order valence-corrected chi connectivity index (χ4v) is 1.56. The van der Waals surface area contributed by atoms with Gasteiger partial charge in [-0.05, 0) is 18.9 Å². The predicted molar refractivity (Wildman–Crippen MR) is 42.8 cm³/mol. The van der Waals surface area contributed by atoms with E-state index in [1.807, 2.05) is 6.07 Å². The van der Waals surface area contributed by atoms with Gasteiger partial charge >= 0.3 is 0 Å². The number of aryl methyl sites for hydroxylation is 1. The first-order valence-electron chi connectivity index (χ1n) is 3.96.